The molecule has 0 saturated carbocycles. The molecule has 1 aromatic carbocycles. The highest BCUT2D eigenvalue weighted by Crippen LogP contribution is 2.29. The van der Waals surface area contributed by atoms with Gasteiger partial charge in [-0.25, -0.2) is 9.97 Å². The molecule has 0 bridgehead atoms. The van der Waals surface area contributed by atoms with Gasteiger partial charge in [-0.2, -0.15) is 0 Å². The molecule has 0 aliphatic carbocycles. The third-order valence-corrected chi connectivity index (χ3v) is 3.57. The Balaban J connectivity index is 2.04. The molecule has 3 rings (SSSR count). The second-order valence-corrected chi connectivity index (χ2v) is 5.17. The van der Waals surface area contributed by atoms with Crippen molar-refractivity contribution in [2.24, 2.45) is 5.73 Å². The minimum absolute atomic E-state index is 0.487. The molecular weight excluding hydrogens is 258 g/mol. The predicted molar refractivity (Wildman–Crippen MR) is 75.0 cm³/mol. The van der Waals surface area contributed by atoms with Crippen LogP contribution in [0, 0.1) is 6.92 Å². The summed E-state index contributed by atoms with van der Waals surface area (Å²) in [5.74, 6) is 0. The van der Waals surface area contributed by atoms with E-state index in [0.29, 0.717) is 11.8 Å². The summed E-state index contributed by atoms with van der Waals surface area (Å²) in [6, 6.07) is 9.98. The molecule has 2 aromatic heterocycles. The van der Waals surface area contributed by atoms with E-state index < -0.39 is 0 Å². The minimum Gasteiger partial charge on any atom is -0.439 e. The number of hydrogen-bond donors (Lipinski definition) is 1. The molecule has 0 fully saturated rings. The first-order valence-corrected chi connectivity index (χ1v) is 6.76. The van der Waals surface area contributed by atoms with Crippen LogP contribution in [0.15, 0.2) is 51.3 Å². The monoisotopic (exact) mass is 271 g/mol. The van der Waals surface area contributed by atoms with Gasteiger partial charge in [0.1, 0.15) is 11.3 Å². The molecule has 0 amide bonds. The van der Waals surface area contributed by atoms with Crippen molar-refractivity contribution in [3.05, 3.63) is 47.9 Å². The first-order chi connectivity index (χ1) is 9.26. The fourth-order valence-electron chi connectivity index (χ4n) is 1.91. The number of para-hydroxylation sites is 1. The number of benzene rings is 1. The van der Waals surface area contributed by atoms with Gasteiger partial charge in [0, 0.05) is 11.9 Å². The molecule has 0 aliphatic heterocycles. The molecule has 0 atom stereocenters. The third kappa shape index (κ3) is 2.47. The van der Waals surface area contributed by atoms with Crippen LogP contribution in [0.5, 0.6) is 0 Å². The van der Waals surface area contributed by atoms with Gasteiger partial charge in [0.05, 0.1) is 11.2 Å². The van der Waals surface area contributed by atoms with Crippen molar-refractivity contribution in [1.82, 2.24) is 9.97 Å². The summed E-state index contributed by atoms with van der Waals surface area (Å²) in [6.07, 6.45) is 1.63. The zero-order valence-corrected chi connectivity index (χ0v) is 11.3. The lowest BCUT2D eigenvalue weighted by atomic mass is 10.1. The number of hydrogen-bond acceptors (Lipinski definition) is 5. The molecule has 2 N–H and O–H groups in total. The van der Waals surface area contributed by atoms with Crippen LogP contribution in [0.1, 0.15) is 11.3 Å². The van der Waals surface area contributed by atoms with E-state index in [2.05, 4.69) is 9.97 Å². The number of nitrogens with two attached hydrogens (primary N) is 1. The van der Waals surface area contributed by atoms with Crippen LogP contribution < -0.4 is 5.73 Å². The summed E-state index contributed by atoms with van der Waals surface area (Å²) < 4.78 is 5.33. The van der Waals surface area contributed by atoms with E-state index >= 15 is 0 Å². The van der Waals surface area contributed by atoms with Gasteiger partial charge in [-0.1, -0.05) is 18.2 Å². The van der Waals surface area contributed by atoms with E-state index in [1.54, 1.807) is 6.26 Å². The lowest BCUT2D eigenvalue weighted by Gasteiger charge is -2.06. The fraction of sp³-hybridized carbons (Fsp3) is 0.143. The molecule has 3 aromatic rings. The lowest BCUT2D eigenvalue weighted by molar-refractivity contribution is 0.454. The maximum Gasteiger partial charge on any atom is 0.262 e. The molecule has 0 unspecified atom stereocenters. The molecule has 19 heavy (non-hydrogen) atoms. The van der Waals surface area contributed by atoms with Crippen LogP contribution in [0.2, 0.25) is 0 Å². The zero-order chi connectivity index (χ0) is 13.2. The SMILES string of the molecule is Cc1coc(Sc2cc(CN)c3ccccc3n2)n1. The number of aryl methyl sites for hydroxylation is 1. The molecule has 0 aliphatic rings. The van der Waals surface area contributed by atoms with Gasteiger partial charge in [0.25, 0.3) is 5.22 Å². The molecule has 0 saturated heterocycles. The Labute approximate surface area is 115 Å². The highest BCUT2D eigenvalue weighted by Gasteiger charge is 2.08. The average Bonchev–Trinajstić information content (AvgIpc) is 2.83. The topological polar surface area (TPSA) is 64.9 Å². The highest BCUT2D eigenvalue weighted by molar-refractivity contribution is 7.99. The second-order valence-electron chi connectivity index (χ2n) is 4.20. The van der Waals surface area contributed by atoms with Crippen LogP contribution in [-0.2, 0) is 6.54 Å². The largest absolute Gasteiger partial charge is 0.439 e. The van der Waals surface area contributed by atoms with E-state index in [9.17, 15) is 0 Å². The summed E-state index contributed by atoms with van der Waals surface area (Å²) in [6.45, 7) is 2.38. The van der Waals surface area contributed by atoms with Crippen molar-refractivity contribution in [2.75, 3.05) is 0 Å². The van der Waals surface area contributed by atoms with Crippen molar-refractivity contribution in [1.29, 1.82) is 0 Å². The smallest absolute Gasteiger partial charge is 0.262 e. The van der Waals surface area contributed by atoms with E-state index in [0.717, 1.165) is 27.2 Å². The van der Waals surface area contributed by atoms with E-state index in [1.807, 2.05) is 37.3 Å². The Morgan fingerprint density at radius 3 is 2.84 bits per heavy atom. The number of oxazole rings is 1. The van der Waals surface area contributed by atoms with Gasteiger partial charge < -0.3 is 10.2 Å². The summed E-state index contributed by atoms with van der Waals surface area (Å²) in [5, 5.41) is 2.54. The Bertz CT molecular complexity index is 724. The first kappa shape index (κ1) is 12.2. The Morgan fingerprint density at radius 2 is 2.11 bits per heavy atom. The van der Waals surface area contributed by atoms with E-state index in [-0.39, 0.29) is 0 Å². The average molecular weight is 271 g/mol. The molecule has 4 nitrogen and oxygen atoms in total. The third-order valence-electron chi connectivity index (χ3n) is 2.79. The fourth-order valence-corrected chi connectivity index (χ4v) is 2.72. The number of rotatable bonds is 3. The summed E-state index contributed by atoms with van der Waals surface area (Å²) >= 11 is 1.41. The molecule has 5 heteroatoms. The Kier molecular flexibility index (Phi) is 3.23. The normalized spacial score (nSPS) is 11.1. The molecule has 0 radical (unpaired) electrons. The summed E-state index contributed by atoms with van der Waals surface area (Å²) in [5.41, 5.74) is 8.69. The molecule has 0 spiro atoms. The van der Waals surface area contributed by atoms with Crippen molar-refractivity contribution in [3.63, 3.8) is 0 Å². The molecule has 2 heterocycles. The number of fused-ring (bicyclic) bond motifs is 1. The van der Waals surface area contributed by atoms with Crippen LogP contribution in [0.25, 0.3) is 10.9 Å². The number of pyridine rings is 1. The van der Waals surface area contributed by atoms with Gasteiger partial charge in [0.2, 0.25) is 0 Å². The van der Waals surface area contributed by atoms with Gasteiger partial charge in [0.15, 0.2) is 0 Å². The van der Waals surface area contributed by atoms with Gasteiger partial charge in [-0.15, -0.1) is 0 Å². The maximum atomic E-state index is 5.81. The van der Waals surface area contributed by atoms with Gasteiger partial charge in [-0.3, -0.25) is 0 Å². The first-order valence-electron chi connectivity index (χ1n) is 5.95. The van der Waals surface area contributed by atoms with Crippen molar-refractivity contribution >= 4 is 22.7 Å². The quantitative estimate of drug-likeness (QED) is 0.792. The number of aromatic nitrogens is 2. The second kappa shape index (κ2) is 5.03. The summed E-state index contributed by atoms with van der Waals surface area (Å²) in [4.78, 5) is 8.86. The van der Waals surface area contributed by atoms with Crippen LogP contribution in [-0.4, -0.2) is 9.97 Å². The number of nitrogens with zero attached hydrogens (tertiary/aromatic N) is 2. The summed E-state index contributed by atoms with van der Waals surface area (Å²) in [7, 11) is 0. The molecule has 96 valence electrons. The standard InChI is InChI=1S/C14H13N3OS/c1-9-8-18-14(16-9)19-13-6-10(7-15)11-4-2-3-5-12(11)17-13/h2-6,8H,7,15H2,1H3. The maximum absolute atomic E-state index is 5.81. The van der Waals surface area contributed by atoms with E-state index in [1.165, 1.54) is 11.8 Å². The Morgan fingerprint density at radius 1 is 1.26 bits per heavy atom. The minimum atomic E-state index is 0.487. The van der Waals surface area contributed by atoms with Crippen molar-refractivity contribution in [2.45, 2.75) is 23.7 Å². The van der Waals surface area contributed by atoms with Crippen molar-refractivity contribution in [3.8, 4) is 0 Å². The van der Waals surface area contributed by atoms with Crippen molar-refractivity contribution < 1.29 is 4.42 Å². The lowest BCUT2D eigenvalue weighted by Crippen LogP contribution is -1.99. The molecular formula is C14H13N3OS. The highest BCUT2D eigenvalue weighted by atomic mass is 32.2. The Hall–Kier alpha value is -1.85. The van der Waals surface area contributed by atoms with Crippen LogP contribution >= 0.6 is 11.8 Å². The van der Waals surface area contributed by atoms with Gasteiger partial charge >= 0.3 is 0 Å². The van der Waals surface area contributed by atoms with Crippen LogP contribution in [0.3, 0.4) is 0 Å². The predicted octanol–water partition coefficient (Wildman–Crippen LogP) is 3.14. The van der Waals surface area contributed by atoms with Crippen LogP contribution in [0.4, 0.5) is 0 Å². The van der Waals surface area contributed by atoms with E-state index in [4.69, 9.17) is 10.2 Å². The van der Waals surface area contributed by atoms with Gasteiger partial charge in [-0.05, 0) is 36.4 Å². The zero-order valence-electron chi connectivity index (χ0n) is 10.5.